The van der Waals surface area contributed by atoms with E-state index < -0.39 is 10.1 Å². The quantitative estimate of drug-likeness (QED) is 0.457. The summed E-state index contributed by atoms with van der Waals surface area (Å²) in [7, 11) is -3.90. The van der Waals surface area contributed by atoms with E-state index >= 15 is 0 Å². The summed E-state index contributed by atoms with van der Waals surface area (Å²) < 4.78 is 26.6. The van der Waals surface area contributed by atoms with Gasteiger partial charge in [0.15, 0.2) is 0 Å². The normalized spacial score (nSPS) is 9.29. The van der Waals surface area contributed by atoms with Crippen LogP contribution in [0.1, 0.15) is 1.43 Å². The Kier molecular flexibility index (Phi) is 7.00. The molecule has 0 aromatic rings. The molecule has 0 atom stereocenters. The van der Waals surface area contributed by atoms with E-state index in [1.54, 1.807) is 0 Å². The molecule has 0 radical (unpaired) electrons. The molecule has 3 nitrogen and oxygen atoms in total. The molecule has 38 valence electrons. The Hall–Kier alpha value is 1.46. The Labute approximate surface area is 92.8 Å². The van der Waals surface area contributed by atoms with Gasteiger partial charge >= 0.3 is 58.2 Å². The number of rotatable bonds is 1. The maximum Gasteiger partial charge on any atom is 1.00 e. The van der Waals surface area contributed by atoms with Gasteiger partial charge < -0.3 is 1.43 Å². The van der Waals surface area contributed by atoms with Crippen LogP contribution < -0.4 is 58.2 Å². The molecule has 0 aromatic heterocycles. The standard InChI is InChI=1S/C2H4O3S.Rb.H/c1-2-6(3,4)5;;/h2H,1H2,(H,3,4,5);;/q;+1;-1. The SMILES string of the molecule is C=CS(=O)(=O)O.[H-].[Rb+]. The van der Waals surface area contributed by atoms with Gasteiger partial charge in [0.1, 0.15) is 0 Å². The Morgan fingerprint density at radius 3 is 1.86 bits per heavy atom. The smallest absolute Gasteiger partial charge is 1.00 e. The summed E-state index contributed by atoms with van der Waals surface area (Å²) in [5, 5.41) is 0.465. The topological polar surface area (TPSA) is 54.4 Å². The van der Waals surface area contributed by atoms with E-state index in [9.17, 15) is 8.42 Å². The maximum absolute atomic E-state index is 9.44. The third kappa shape index (κ3) is 11.2. The minimum atomic E-state index is -3.90. The molecule has 0 amide bonds. The minimum absolute atomic E-state index is 0. The molecule has 0 aliphatic carbocycles. The second-order valence-corrected chi connectivity index (χ2v) is 2.04. The van der Waals surface area contributed by atoms with Crippen molar-refractivity contribution in [2.24, 2.45) is 0 Å². The van der Waals surface area contributed by atoms with E-state index in [-0.39, 0.29) is 59.6 Å². The second kappa shape index (κ2) is 4.35. The van der Waals surface area contributed by atoms with Crippen LogP contribution in [0.2, 0.25) is 0 Å². The molecule has 0 aromatic carbocycles. The van der Waals surface area contributed by atoms with Crippen molar-refractivity contribution >= 4 is 10.1 Å². The fraction of sp³-hybridized carbons (Fsp3) is 0. The van der Waals surface area contributed by atoms with Gasteiger partial charge in [0.05, 0.1) is 5.41 Å². The van der Waals surface area contributed by atoms with Gasteiger partial charge in [-0.2, -0.15) is 8.42 Å². The van der Waals surface area contributed by atoms with Crippen molar-refractivity contribution in [2.75, 3.05) is 0 Å². The first-order chi connectivity index (χ1) is 2.56. The van der Waals surface area contributed by atoms with E-state index in [1.807, 2.05) is 0 Å². The summed E-state index contributed by atoms with van der Waals surface area (Å²) in [6.07, 6.45) is 0. The number of hydrogen-bond donors (Lipinski definition) is 1. The molecule has 0 heterocycles. The molecule has 0 spiro atoms. The monoisotopic (exact) mass is 194 g/mol. The van der Waals surface area contributed by atoms with E-state index in [4.69, 9.17) is 4.55 Å². The van der Waals surface area contributed by atoms with Gasteiger partial charge in [0.25, 0.3) is 10.1 Å². The van der Waals surface area contributed by atoms with Crippen LogP contribution in [0.15, 0.2) is 12.0 Å². The summed E-state index contributed by atoms with van der Waals surface area (Å²) in [6, 6.07) is 0. The maximum atomic E-state index is 9.44. The van der Waals surface area contributed by atoms with Gasteiger partial charge in [0, 0.05) is 0 Å². The fourth-order valence-electron chi connectivity index (χ4n) is 0. The van der Waals surface area contributed by atoms with Crippen molar-refractivity contribution < 1.29 is 72.6 Å². The summed E-state index contributed by atoms with van der Waals surface area (Å²) in [5.74, 6) is 0. The molecule has 0 aliphatic rings. The van der Waals surface area contributed by atoms with Gasteiger partial charge in [0.2, 0.25) is 0 Å². The van der Waals surface area contributed by atoms with Crippen molar-refractivity contribution in [3.8, 4) is 0 Å². The molecular weight excluding hydrogens is 190 g/mol. The van der Waals surface area contributed by atoms with Crippen LogP contribution in [0.25, 0.3) is 0 Å². The first-order valence-electron chi connectivity index (χ1n) is 1.16. The molecule has 0 bridgehead atoms. The zero-order valence-corrected chi connectivity index (χ0v) is 9.69. The molecule has 5 heteroatoms. The molecule has 1 N–H and O–H groups in total. The van der Waals surface area contributed by atoms with Gasteiger partial charge in [-0.25, -0.2) is 0 Å². The van der Waals surface area contributed by atoms with Crippen molar-refractivity contribution in [1.82, 2.24) is 0 Å². The van der Waals surface area contributed by atoms with E-state index in [0.29, 0.717) is 5.41 Å². The summed E-state index contributed by atoms with van der Waals surface area (Å²) in [6.45, 7) is 2.79. The average molecular weight is 195 g/mol. The van der Waals surface area contributed by atoms with Gasteiger partial charge in [-0.15, -0.1) is 0 Å². The minimum Gasteiger partial charge on any atom is -1.00 e. The Morgan fingerprint density at radius 1 is 1.71 bits per heavy atom. The predicted molar refractivity (Wildman–Crippen MR) is 22.9 cm³/mol. The summed E-state index contributed by atoms with van der Waals surface area (Å²) in [4.78, 5) is 0. The predicted octanol–water partition coefficient (Wildman–Crippen LogP) is -2.87. The molecule has 0 saturated carbocycles. The van der Waals surface area contributed by atoms with Crippen LogP contribution in [0.3, 0.4) is 0 Å². The largest absolute Gasteiger partial charge is 1.00 e. The molecule has 0 fully saturated rings. The third-order valence-electron chi connectivity index (χ3n) is 0.211. The molecular formula is C2H5O3RbS. The summed E-state index contributed by atoms with van der Waals surface area (Å²) >= 11 is 0. The fourth-order valence-corrected chi connectivity index (χ4v) is 0. The van der Waals surface area contributed by atoms with E-state index in [0.717, 1.165) is 0 Å². The van der Waals surface area contributed by atoms with Crippen molar-refractivity contribution in [3.63, 3.8) is 0 Å². The molecule has 0 aliphatic heterocycles. The van der Waals surface area contributed by atoms with Gasteiger partial charge in [-0.3, -0.25) is 4.55 Å². The Balaban J connectivity index is -0.000000125. The summed E-state index contributed by atoms with van der Waals surface area (Å²) in [5.41, 5.74) is 0. The van der Waals surface area contributed by atoms with E-state index in [1.165, 1.54) is 0 Å². The van der Waals surface area contributed by atoms with Gasteiger partial charge in [-0.1, -0.05) is 6.58 Å². The molecule has 7 heavy (non-hydrogen) atoms. The molecule has 0 unspecified atom stereocenters. The second-order valence-electron chi connectivity index (χ2n) is 0.682. The van der Waals surface area contributed by atoms with Crippen LogP contribution >= 0.6 is 0 Å². The van der Waals surface area contributed by atoms with Crippen molar-refractivity contribution in [1.29, 1.82) is 0 Å². The zero-order chi connectivity index (χ0) is 5.21. The van der Waals surface area contributed by atoms with Crippen molar-refractivity contribution in [2.45, 2.75) is 0 Å². The van der Waals surface area contributed by atoms with Crippen LogP contribution in [0.4, 0.5) is 0 Å². The first-order valence-corrected chi connectivity index (χ1v) is 2.66. The van der Waals surface area contributed by atoms with Crippen LogP contribution in [-0.2, 0) is 10.1 Å². The Bertz CT molecular complexity index is 128. The van der Waals surface area contributed by atoms with Crippen LogP contribution in [0, 0.1) is 0 Å². The number of hydrogen-bond acceptors (Lipinski definition) is 2. The average Bonchev–Trinajstić information content (AvgIpc) is 1.35. The van der Waals surface area contributed by atoms with Gasteiger partial charge in [-0.05, 0) is 0 Å². The molecule has 0 rings (SSSR count). The van der Waals surface area contributed by atoms with E-state index in [2.05, 4.69) is 6.58 Å². The Morgan fingerprint density at radius 2 is 1.86 bits per heavy atom. The van der Waals surface area contributed by atoms with Crippen LogP contribution in [-0.4, -0.2) is 13.0 Å². The third-order valence-corrected chi connectivity index (χ3v) is 0.632. The van der Waals surface area contributed by atoms with Crippen LogP contribution in [0.5, 0.6) is 0 Å². The zero-order valence-electron chi connectivity index (χ0n) is 4.96. The van der Waals surface area contributed by atoms with Crippen molar-refractivity contribution in [3.05, 3.63) is 12.0 Å². The molecule has 0 saturated heterocycles. The first kappa shape index (κ1) is 11.3.